The van der Waals surface area contributed by atoms with Crippen molar-refractivity contribution in [3.63, 3.8) is 0 Å². The molecule has 2 rings (SSSR count). The molecule has 0 saturated heterocycles. The maximum atomic E-state index is 13.4. The lowest BCUT2D eigenvalue weighted by Crippen LogP contribution is -2.21. The Labute approximate surface area is 150 Å². The molecule has 0 spiro atoms. The van der Waals surface area contributed by atoms with Crippen LogP contribution >= 0.6 is 15.9 Å². The van der Waals surface area contributed by atoms with Gasteiger partial charge in [0.2, 0.25) is 0 Å². The van der Waals surface area contributed by atoms with E-state index in [1.54, 1.807) is 6.92 Å². The molecular weight excluding hydrogens is 399 g/mol. The molecule has 7 nitrogen and oxygen atoms in total. The van der Waals surface area contributed by atoms with Crippen LogP contribution in [0.1, 0.15) is 15.9 Å². The minimum atomic E-state index is -0.888. The minimum absolute atomic E-state index is 0.0657. The lowest BCUT2D eigenvalue weighted by atomic mass is 10.2. The van der Waals surface area contributed by atoms with E-state index in [1.807, 2.05) is 0 Å². The minimum Gasteiger partial charge on any atom is -0.452 e. The van der Waals surface area contributed by atoms with E-state index in [2.05, 4.69) is 21.2 Å². The Hall–Kier alpha value is -2.81. The van der Waals surface area contributed by atoms with Crippen LogP contribution in [-0.2, 0) is 9.53 Å². The molecule has 1 N–H and O–H groups in total. The number of rotatable bonds is 5. The van der Waals surface area contributed by atoms with E-state index in [9.17, 15) is 24.1 Å². The number of anilines is 1. The van der Waals surface area contributed by atoms with Gasteiger partial charge < -0.3 is 10.1 Å². The Balaban J connectivity index is 1.97. The van der Waals surface area contributed by atoms with E-state index < -0.39 is 29.2 Å². The lowest BCUT2D eigenvalue weighted by molar-refractivity contribution is -0.385. The van der Waals surface area contributed by atoms with Gasteiger partial charge in [-0.1, -0.05) is 6.07 Å². The van der Waals surface area contributed by atoms with Crippen molar-refractivity contribution < 1.29 is 23.6 Å². The van der Waals surface area contributed by atoms with E-state index in [1.165, 1.54) is 24.3 Å². The monoisotopic (exact) mass is 410 g/mol. The standard InChI is InChI=1S/C16H12BrFN2O5/c1-9-2-4-11(7-13(9)18)19-15(21)8-25-16(22)10-3-5-12(17)14(6-10)20(23)24/h2-7H,8H2,1H3,(H,19,21). The van der Waals surface area contributed by atoms with E-state index in [0.29, 0.717) is 5.56 Å². The first-order valence-corrected chi connectivity index (χ1v) is 7.74. The summed E-state index contributed by atoms with van der Waals surface area (Å²) in [6.07, 6.45) is 0. The Morgan fingerprint density at radius 1 is 1.28 bits per heavy atom. The largest absolute Gasteiger partial charge is 0.452 e. The lowest BCUT2D eigenvalue weighted by Gasteiger charge is -2.07. The third kappa shape index (κ3) is 4.83. The van der Waals surface area contributed by atoms with Crippen LogP contribution in [0.15, 0.2) is 40.9 Å². The molecule has 0 aliphatic heterocycles. The Morgan fingerprint density at radius 3 is 2.64 bits per heavy atom. The number of esters is 1. The van der Waals surface area contributed by atoms with Crippen LogP contribution in [0, 0.1) is 22.9 Å². The van der Waals surface area contributed by atoms with Gasteiger partial charge in [0.15, 0.2) is 6.61 Å². The van der Waals surface area contributed by atoms with Crippen LogP contribution in [0.2, 0.25) is 0 Å². The Bertz CT molecular complexity index is 856. The molecule has 0 heterocycles. The number of nitro benzene ring substituents is 1. The average molecular weight is 411 g/mol. The highest BCUT2D eigenvalue weighted by Gasteiger charge is 2.17. The molecule has 2 aromatic carbocycles. The summed E-state index contributed by atoms with van der Waals surface area (Å²) in [6.45, 7) is 0.971. The molecule has 0 bridgehead atoms. The number of halogens is 2. The second-order valence-corrected chi connectivity index (χ2v) is 5.87. The second kappa shape index (κ2) is 7.84. The van der Waals surface area contributed by atoms with Gasteiger partial charge in [0.25, 0.3) is 11.6 Å². The van der Waals surface area contributed by atoms with E-state index in [-0.39, 0.29) is 21.4 Å². The fourth-order valence-electron chi connectivity index (χ4n) is 1.86. The number of carbonyl (C=O) groups excluding carboxylic acids is 2. The number of hydrogen-bond donors (Lipinski definition) is 1. The molecule has 0 aliphatic rings. The summed E-state index contributed by atoms with van der Waals surface area (Å²) < 4.78 is 18.4. The van der Waals surface area contributed by atoms with Crippen molar-refractivity contribution in [3.8, 4) is 0 Å². The molecule has 2 aromatic rings. The summed E-state index contributed by atoms with van der Waals surface area (Å²) in [5.41, 5.74) is 0.294. The number of carbonyl (C=O) groups is 2. The maximum absolute atomic E-state index is 13.4. The molecule has 1 amide bonds. The molecule has 0 unspecified atom stereocenters. The first-order chi connectivity index (χ1) is 11.8. The zero-order valence-electron chi connectivity index (χ0n) is 12.9. The summed E-state index contributed by atoms with van der Waals surface area (Å²) in [6, 6.07) is 7.86. The van der Waals surface area contributed by atoms with Crippen molar-refractivity contribution in [3.05, 3.63) is 67.9 Å². The number of ether oxygens (including phenoxy) is 1. The zero-order chi connectivity index (χ0) is 18.6. The summed E-state index contributed by atoms with van der Waals surface area (Å²) >= 11 is 3.00. The van der Waals surface area contributed by atoms with Gasteiger partial charge in [-0.3, -0.25) is 14.9 Å². The van der Waals surface area contributed by atoms with Gasteiger partial charge in [-0.15, -0.1) is 0 Å². The normalized spacial score (nSPS) is 10.2. The second-order valence-electron chi connectivity index (χ2n) is 5.01. The van der Waals surface area contributed by atoms with Gasteiger partial charge in [0.05, 0.1) is 15.0 Å². The van der Waals surface area contributed by atoms with Gasteiger partial charge in [-0.2, -0.15) is 0 Å². The number of amides is 1. The Kier molecular flexibility index (Phi) is 5.81. The number of aryl methyl sites for hydroxylation is 1. The van der Waals surface area contributed by atoms with Crippen LogP contribution in [0.25, 0.3) is 0 Å². The van der Waals surface area contributed by atoms with Crippen molar-refractivity contribution in [1.82, 2.24) is 0 Å². The highest BCUT2D eigenvalue weighted by atomic mass is 79.9. The highest BCUT2D eigenvalue weighted by molar-refractivity contribution is 9.10. The number of nitrogens with one attached hydrogen (secondary N) is 1. The number of benzene rings is 2. The molecule has 130 valence electrons. The number of nitro groups is 1. The SMILES string of the molecule is Cc1ccc(NC(=O)COC(=O)c2ccc(Br)c([N+](=O)[O-])c2)cc1F. The predicted molar refractivity (Wildman–Crippen MR) is 90.8 cm³/mol. The van der Waals surface area contributed by atoms with Gasteiger partial charge >= 0.3 is 5.97 Å². The van der Waals surface area contributed by atoms with Crippen LogP contribution < -0.4 is 5.32 Å². The average Bonchev–Trinajstić information content (AvgIpc) is 2.56. The first-order valence-electron chi connectivity index (χ1n) is 6.95. The third-order valence-corrected chi connectivity index (χ3v) is 3.84. The van der Waals surface area contributed by atoms with Gasteiger partial charge in [-0.25, -0.2) is 9.18 Å². The molecule has 0 saturated carbocycles. The summed E-state index contributed by atoms with van der Waals surface area (Å²) in [4.78, 5) is 33.8. The van der Waals surface area contributed by atoms with E-state index in [4.69, 9.17) is 4.74 Å². The van der Waals surface area contributed by atoms with Gasteiger partial charge in [0, 0.05) is 11.8 Å². The fraction of sp³-hybridized carbons (Fsp3) is 0.125. The summed E-state index contributed by atoms with van der Waals surface area (Å²) in [7, 11) is 0. The van der Waals surface area contributed by atoms with Crippen LogP contribution in [0.3, 0.4) is 0 Å². The third-order valence-electron chi connectivity index (χ3n) is 3.17. The van der Waals surface area contributed by atoms with Gasteiger partial charge in [0.1, 0.15) is 5.82 Å². The molecule has 0 atom stereocenters. The Morgan fingerprint density at radius 2 is 2.00 bits per heavy atom. The quantitative estimate of drug-likeness (QED) is 0.461. The van der Waals surface area contributed by atoms with Crippen LogP contribution in [-0.4, -0.2) is 23.4 Å². The molecule has 9 heteroatoms. The summed E-state index contributed by atoms with van der Waals surface area (Å²) in [5, 5.41) is 13.2. The van der Waals surface area contributed by atoms with Crippen molar-refractivity contribution in [1.29, 1.82) is 0 Å². The van der Waals surface area contributed by atoms with Crippen LogP contribution in [0.4, 0.5) is 15.8 Å². The zero-order valence-corrected chi connectivity index (χ0v) is 14.5. The van der Waals surface area contributed by atoms with Gasteiger partial charge in [-0.05, 0) is 52.7 Å². The maximum Gasteiger partial charge on any atom is 0.338 e. The van der Waals surface area contributed by atoms with Crippen molar-refractivity contribution in [2.24, 2.45) is 0 Å². The molecule has 0 fully saturated rings. The molecule has 0 aromatic heterocycles. The molecule has 0 radical (unpaired) electrons. The predicted octanol–water partition coefficient (Wildman–Crippen LogP) is 3.60. The van der Waals surface area contributed by atoms with Crippen molar-refractivity contribution in [2.45, 2.75) is 6.92 Å². The molecule has 0 aliphatic carbocycles. The molecule has 25 heavy (non-hydrogen) atoms. The highest BCUT2D eigenvalue weighted by Crippen LogP contribution is 2.25. The smallest absolute Gasteiger partial charge is 0.338 e. The topological polar surface area (TPSA) is 98.5 Å². The van der Waals surface area contributed by atoms with Crippen molar-refractivity contribution >= 4 is 39.2 Å². The van der Waals surface area contributed by atoms with Crippen LogP contribution in [0.5, 0.6) is 0 Å². The first kappa shape index (κ1) is 18.5. The molecular formula is C16H12BrFN2O5. The fourth-order valence-corrected chi connectivity index (χ4v) is 2.25. The number of nitrogens with zero attached hydrogens (tertiary/aromatic N) is 1. The number of hydrogen-bond acceptors (Lipinski definition) is 5. The van der Waals surface area contributed by atoms with E-state index >= 15 is 0 Å². The summed E-state index contributed by atoms with van der Waals surface area (Å²) in [5.74, 6) is -2.03. The van der Waals surface area contributed by atoms with Crippen molar-refractivity contribution in [2.75, 3.05) is 11.9 Å². The van der Waals surface area contributed by atoms with E-state index in [0.717, 1.165) is 12.1 Å².